The summed E-state index contributed by atoms with van der Waals surface area (Å²) in [5.41, 5.74) is 0.231. The molecule has 1 N–H and O–H groups in total. The molecule has 1 nitrogen and oxygen atoms in total. The molecule has 1 rings (SSSR count). The summed E-state index contributed by atoms with van der Waals surface area (Å²) in [6.45, 7) is 2.52. The Balaban J connectivity index is 2.55. The largest absolute Gasteiger partial charge is 0.396 e. The van der Waals surface area contributed by atoms with Crippen molar-refractivity contribution in [3.05, 3.63) is 12.2 Å². The SMILES string of the molecule is CCC1(CO)CC=CCC1. The molecule has 0 aromatic heterocycles. The van der Waals surface area contributed by atoms with E-state index in [2.05, 4.69) is 19.1 Å². The number of aliphatic hydroxyl groups is 1. The fourth-order valence-electron chi connectivity index (χ4n) is 1.52. The Hall–Kier alpha value is -0.300. The lowest BCUT2D eigenvalue weighted by Gasteiger charge is -2.31. The number of allylic oxidation sites excluding steroid dienone is 2. The zero-order chi connectivity index (χ0) is 7.45. The lowest BCUT2D eigenvalue weighted by atomic mass is 9.76. The van der Waals surface area contributed by atoms with Gasteiger partial charge in [0.2, 0.25) is 0 Å². The Labute approximate surface area is 62.8 Å². The second-order valence-corrected chi connectivity index (χ2v) is 3.23. The predicted molar refractivity (Wildman–Crippen MR) is 42.8 cm³/mol. The minimum atomic E-state index is 0.231. The first-order valence-corrected chi connectivity index (χ1v) is 4.09. The maximum atomic E-state index is 9.11. The van der Waals surface area contributed by atoms with Crippen molar-refractivity contribution < 1.29 is 5.11 Å². The zero-order valence-corrected chi connectivity index (χ0v) is 6.64. The van der Waals surface area contributed by atoms with Crippen molar-refractivity contribution in [3.8, 4) is 0 Å². The van der Waals surface area contributed by atoms with Gasteiger partial charge in [0, 0.05) is 6.61 Å². The van der Waals surface area contributed by atoms with Crippen LogP contribution >= 0.6 is 0 Å². The molecule has 1 atom stereocenters. The Kier molecular flexibility index (Phi) is 2.50. The summed E-state index contributed by atoms with van der Waals surface area (Å²) >= 11 is 0. The van der Waals surface area contributed by atoms with Crippen LogP contribution < -0.4 is 0 Å². The Morgan fingerprint density at radius 1 is 1.50 bits per heavy atom. The third-order valence-corrected chi connectivity index (χ3v) is 2.64. The summed E-state index contributed by atoms with van der Waals surface area (Å²) in [6.07, 6.45) is 8.89. The quantitative estimate of drug-likeness (QED) is 0.582. The standard InChI is InChI=1S/C9H16O/c1-2-9(8-10)6-4-3-5-7-9/h3-4,10H,2,5-8H2,1H3. The Bertz CT molecular complexity index is 123. The fourth-order valence-corrected chi connectivity index (χ4v) is 1.52. The van der Waals surface area contributed by atoms with E-state index in [1.165, 1.54) is 0 Å². The normalized spacial score (nSPS) is 32.6. The Morgan fingerprint density at radius 2 is 2.30 bits per heavy atom. The van der Waals surface area contributed by atoms with Gasteiger partial charge >= 0.3 is 0 Å². The van der Waals surface area contributed by atoms with Gasteiger partial charge in [-0.3, -0.25) is 0 Å². The highest BCUT2D eigenvalue weighted by Crippen LogP contribution is 2.34. The van der Waals surface area contributed by atoms with Gasteiger partial charge in [-0.15, -0.1) is 0 Å². The van der Waals surface area contributed by atoms with Crippen LogP contribution in [0.4, 0.5) is 0 Å². The van der Waals surface area contributed by atoms with Crippen molar-refractivity contribution in [2.24, 2.45) is 5.41 Å². The third kappa shape index (κ3) is 1.40. The maximum Gasteiger partial charge on any atom is 0.0490 e. The van der Waals surface area contributed by atoms with Gasteiger partial charge in [0.25, 0.3) is 0 Å². The average molecular weight is 140 g/mol. The van der Waals surface area contributed by atoms with Crippen LogP contribution in [0.25, 0.3) is 0 Å². The van der Waals surface area contributed by atoms with E-state index in [1.54, 1.807) is 0 Å². The maximum absolute atomic E-state index is 9.11. The van der Waals surface area contributed by atoms with E-state index in [1.807, 2.05) is 0 Å². The Morgan fingerprint density at radius 3 is 2.60 bits per heavy atom. The summed E-state index contributed by atoms with van der Waals surface area (Å²) < 4.78 is 0. The molecule has 0 radical (unpaired) electrons. The molecular formula is C9H16O. The second-order valence-electron chi connectivity index (χ2n) is 3.23. The lowest BCUT2D eigenvalue weighted by molar-refractivity contribution is 0.109. The molecule has 0 aromatic carbocycles. The van der Waals surface area contributed by atoms with E-state index in [0.717, 1.165) is 25.7 Å². The van der Waals surface area contributed by atoms with Crippen molar-refractivity contribution in [2.75, 3.05) is 6.61 Å². The van der Waals surface area contributed by atoms with Gasteiger partial charge in [0.05, 0.1) is 0 Å². The summed E-state index contributed by atoms with van der Waals surface area (Å²) in [5.74, 6) is 0. The van der Waals surface area contributed by atoms with E-state index >= 15 is 0 Å². The van der Waals surface area contributed by atoms with Gasteiger partial charge in [-0.2, -0.15) is 0 Å². The molecule has 0 saturated carbocycles. The fraction of sp³-hybridized carbons (Fsp3) is 0.778. The number of hydrogen-bond acceptors (Lipinski definition) is 1. The van der Waals surface area contributed by atoms with Crippen LogP contribution in [0.2, 0.25) is 0 Å². The zero-order valence-electron chi connectivity index (χ0n) is 6.64. The summed E-state index contributed by atoms with van der Waals surface area (Å²) in [5, 5.41) is 9.11. The minimum Gasteiger partial charge on any atom is -0.396 e. The number of rotatable bonds is 2. The molecule has 0 spiro atoms. The summed E-state index contributed by atoms with van der Waals surface area (Å²) in [6, 6.07) is 0. The van der Waals surface area contributed by atoms with Crippen LogP contribution in [0, 0.1) is 5.41 Å². The molecule has 0 amide bonds. The van der Waals surface area contributed by atoms with Crippen molar-refractivity contribution in [1.29, 1.82) is 0 Å². The molecule has 0 heterocycles. The molecule has 0 aliphatic heterocycles. The van der Waals surface area contributed by atoms with E-state index in [0.29, 0.717) is 6.61 Å². The number of aliphatic hydroxyl groups excluding tert-OH is 1. The smallest absolute Gasteiger partial charge is 0.0490 e. The first-order valence-electron chi connectivity index (χ1n) is 4.09. The third-order valence-electron chi connectivity index (χ3n) is 2.64. The van der Waals surface area contributed by atoms with Crippen LogP contribution in [0.3, 0.4) is 0 Å². The van der Waals surface area contributed by atoms with Gasteiger partial charge in [0.1, 0.15) is 0 Å². The van der Waals surface area contributed by atoms with Gasteiger partial charge in [-0.1, -0.05) is 19.1 Å². The first-order chi connectivity index (χ1) is 4.83. The molecule has 10 heavy (non-hydrogen) atoms. The van der Waals surface area contributed by atoms with E-state index in [4.69, 9.17) is 5.11 Å². The van der Waals surface area contributed by atoms with E-state index < -0.39 is 0 Å². The van der Waals surface area contributed by atoms with E-state index in [9.17, 15) is 0 Å². The highest BCUT2D eigenvalue weighted by atomic mass is 16.3. The molecule has 0 bridgehead atoms. The van der Waals surface area contributed by atoms with Crippen LogP contribution in [0.15, 0.2) is 12.2 Å². The van der Waals surface area contributed by atoms with Crippen LogP contribution in [0.1, 0.15) is 32.6 Å². The molecule has 1 unspecified atom stereocenters. The molecular weight excluding hydrogens is 124 g/mol. The van der Waals surface area contributed by atoms with Crippen molar-refractivity contribution >= 4 is 0 Å². The first kappa shape index (κ1) is 7.80. The molecule has 0 saturated heterocycles. The van der Waals surface area contributed by atoms with Gasteiger partial charge in [-0.05, 0) is 31.1 Å². The van der Waals surface area contributed by atoms with Crippen molar-refractivity contribution in [2.45, 2.75) is 32.6 Å². The van der Waals surface area contributed by atoms with Crippen LogP contribution in [0.5, 0.6) is 0 Å². The van der Waals surface area contributed by atoms with Crippen LogP contribution in [-0.4, -0.2) is 11.7 Å². The minimum absolute atomic E-state index is 0.231. The second kappa shape index (κ2) is 3.20. The van der Waals surface area contributed by atoms with E-state index in [-0.39, 0.29) is 5.41 Å². The molecule has 1 heteroatoms. The molecule has 1 aliphatic rings. The van der Waals surface area contributed by atoms with Gasteiger partial charge < -0.3 is 5.11 Å². The van der Waals surface area contributed by atoms with Crippen molar-refractivity contribution in [3.63, 3.8) is 0 Å². The topological polar surface area (TPSA) is 20.2 Å². The average Bonchev–Trinajstić information content (AvgIpc) is 2.06. The van der Waals surface area contributed by atoms with Gasteiger partial charge in [-0.25, -0.2) is 0 Å². The molecule has 0 fully saturated rings. The molecule has 0 aromatic rings. The molecule has 58 valence electrons. The summed E-state index contributed by atoms with van der Waals surface area (Å²) in [7, 11) is 0. The predicted octanol–water partition coefficient (Wildman–Crippen LogP) is 2.12. The highest BCUT2D eigenvalue weighted by molar-refractivity contribution is 4.96. The summed E-state index contributed by atoms with van der Waals surface area (Å²) in [4.78, 5) is 0. The highest BCUT2D eigenvalue weighted by Gasteiger charge is 2.26. The number of hydrogen-bond donors (Lipinski definition) is 1. The van der Waals surface area contributed by atoms with Crippen molar-refractivity contribution in [1.82, 2.24) is 0 Å². The molecule has 1 aliphatic carbocycles. The monoisotopic (exact) mass is 140 g/mol. The van der Waals surface area contributed by atoms with Crippen LogP contribution in [-0.2, 0) is 0 Å². The van der Waals surface area contributed by atoms with Gasteiger partial charge in [0.15, 0.2) is 0 Å². The lowest BCUT2D eigenvalue weighted by Crippen LogP contribution is -2.25.